The van der Waals surface area contributed by atoms with Crippen LogP contribution in [0.4, 0.5) is 0 Å². The molecule has 0 radical (unpaired) electrons. The average molecular weight is 191 g/mol. The molecule has 2 aromatic heterocycles. The standard InChI is InChI=1S/C8H9N5O/c9-14-4-7-1-2-8(11-3-7)13-6-10-5-12-13/h1-3,5-6H,4,9H2. The van der Waals surface area contributed by atoms with Crippen LogP contribution in [0.1, 0.15) is 5.56 Å². The van der Waals surface area contributed by atoms with Crippen LogP contribution in [-0.2, 0) is 11.4 Å². The van der Waals surface area contributed by atoms with Gasteiger partial charge in [-0.1, -0.05) is 6.07 Å². The summed E-state index contributed by atoms with van der Waals surface area (Å²) in [5.74, 6) is 5.65. The molecule has 0 amide bonds. The van der Waals surface area contributed by atoms with Gasteiger partial charge in [0.25, 0.3) is 0 Å². The Labute approximate surface area is 80.3 Å². The first-order valence-corrected chi connectivity index (χ1v) is 4.02. The number of pyridine rings is 1. The number of nitrogens with two attached hydrogens (primary N) is 1. The molecule has 0 aromatic carbocycles. The summed E-state index contributed by atoms with van der Waals surface area (Å²) in [6.07, 6.45) is 4.73. The molecule has 0 fully saturated rings. The summed E-state index contributed by atoms with van der Waals surface area (Å²) in [6, 6.07) is 3.69. The monoisotopic (exact) mass is 191 g/mol. The van der Waals surface area contributed by atoms with Crippen molar-refractivity contribution in [2.75, 3.05) is 0 Å². The molecule has 72 valence electrons. The molecule has 0 bridgehead atoms. The summed E-state index contributed by atoms with van der Waals surface area (Å²) in [5, 5.41) is 3.95. The molecule has 0 spiro atoms. The minimum absolute atomic E-state index is 0.352. The maximum absolute atomic E-state index is 4.94. The first kappa shape index (κ1) is 8.79. The Morgan fingerprint density at radius 1 is 1.43 bits per heavy atom. The molecule has 2 N–H and O–H groups in total. The maximum atomic E-state index is 4.94. The number of hydrogen-bond acceptors (Lipinski definition) is 5. The second-order valence-electron chi connectivity index (χ2n) is 2.68. The minimum atomic E-state index is 0.352. The first-order chi connectivity index (χ1) is 6.90. The molecular formula is C8H9N5O. The van der Waals surface area contributed by atoms with Gasteiger partial charge in [0, 0.05) is 6.20 Å². The Balaban J connectivity index is 2.22. The second-order valence-corrected chi connectivity index (χ2v) is 2.68. The van der Waals surface area contributed by atoms with E-state index in [0.717, 1.165) is 5.56 Å². The van der Waals surface area contributed by atoms with Crippen molar-refractivity contribution >= 4 is 0 Å². The van der Waals surface area contributed by atoms with Crippen molar-refractivity contribution in [3.8, 4) is 5.82 Å². The molecule has 0 aliphatic heterocycles. The summed E-state index contributed by atoms with van der Waals surface area (Å²) in [6.45, 7) is 0.352. The van der Waals surface area contributed by atoms with Gasteiger partial charge in [0.2, 0.25) is 0 Å². The fourth-order valence-corrected chi connectivity index (χ4v) is 1.06. The van der Waals surface area contributed by atoms with Crippen LogP contribution in [0.3, 0.4) is 0 Å². The predicted octanol–water partition coefficient (Wildman–Crippen LogP) is 0.0526. The van der Waals surface area contributed by atoms with E-state index in [-0.39, 0.29) is 0 Å². The topological polar surface area (TPSA) is 78.9 Å². The van der Waals surface area contributed by atoms with Crippen LogP contribution in [0.2, 0.25) is 0 Å². The molecular weight excluding hydrogens is 182 g/mol. The van der Waals surface area contributed by atoms with Crippen LogP contribution >= 0.6 is 0 Å². The summed E-state index contributed by atoms with van der Waals surface area (Å²) in [5.41, 5.74) is 0.913. The maximum Gasteiger partial charge on any atom is 0.155 e. The van der Waals surface area contributed by atoms with Crippen LogP contribution in [0.15, 0.2) is 31.0 Å². The molecule has 2 rings (SSSR count). The summed E-state index contributed by atoms with van der Waals surface area (Å²) < 4.78 is 1.58. The zero-order chi connectivity index (χ0) is 9.80. The fraction of sp³-hybridized carbons (Fsp3) is 0.125. The van der Waals surface area contributed by atoms with Gasteiger partial charge in [0.1, 0.15) is 12.7 Å². The van der Waals surface area contributed by atoms with E-state index in [1.807, 2.05) is 12.1 Å². The SMILES string of the molecule is NOCc1ccc(-n2cncn2)nc1. The lowest BCUT2D eigenvalue weighted by molar-refractivity contribution is 0.124. The summed E-state index contributed by atoms with van der Waals surface area (Å²) in [4.78, 5) is 12.5. The molecule has 14 heavy (non-hydrogen) atoms. The molecule has 0 atom stereocenters. The third kappa shape index (κ3) is 1.76. The molecule has 0 aliphatic carbocycles. The minimum Gasteiger partial charge on any atom is -0.300 e. The molecule has 6 heteroatoms. The van der Waals surface area contributed by atoms with Crippen LogP contribution < -0.4 is 5.90 Å². The third-order valence-corrected chi connectivity index (χ3v) is 1.71. The smallest absolute Gasteiger partial charge is 0.155 e. The Hall–Kier alpha value is -1.79. The zero-order valence-electron chi connectivity index (χ0n) is 7.37. The van der Waals surface area contributed by atoms with Gasteiger partial charge in [-0.2, -0.15) is 5.10 Å². The van der Waals surface area contributed by atoms with E-state index in [9.17, 15) is 0 Å². The number of rotatable bonds is 3. The average Bonchev–Trinajstić information content (AvgIpc) is 2.72. The van der Waals surface area contributed by atoms with Crippen molar-refractivity contribution in [1.82, 2.24) is 19.7 Å². The summed E-state index contributed by atoms with van der Waals surface area (Å²) in [7, 11) is 0. The van der Waals surface area contributed by atoms with E-state index in [1.165, 1.54) is 6.33 Å². The van der Waals surface area contributed by atoms with Gasteiger partial charge >= 0.3 is 0 Å². The highest BCUT2D eigenvalue weighted by Crippen LogP contribution is 2.03. The number of aromatic nitrogens is 4. The highest BCUT2D eigenvalue weighted by Gasteiger charge is 1.98. The van der Waals surface area contributed by atoms with Crippen LogP contribution in [0.25, 0.3) is 5.82 Å². The molecule has 2 heterocycles. The number of hydrogen-bond donors (Lipinski definition) is 1. The van der Waals surface area contributed by atoms with Crippen molar-refractivity contribution in [3.63, 3.8) is 0 Å². The van der Waals surface area contributed by atoms with Gasteiger partial charge in [-0.25, -0.2) is 20.5 Å². The molecule has 0 saturated carbocycles. The van der Waals surface area contributed by atoms with Gasteiger partial charge in [0.15, 0.2) is 5.82 Å². The Morgan fingerprint density at radius 2 is 2.36 bits per heavy atom. The predicted molar refractivity (Wildman–Crippen MR) is 48.1 cm³/mol. The molecule has 2 aromatic rings. The Bertz CT molecular complexity index is 383. The van der Waals surface area contributed by atoms with E-state index in [4.69, 9.17) is 5.90 Å². The van der Waals surface area contributed by atoms with E-state index in [1.54, 1.807) is 17.2 Å². The van der Waals surface area contributed by atoms with Crippen LogP contribution in [0, 0.1) is 0 Å². The lowest BCUT2D eigenvalue weighted by atomic mass is 10.3. The third-order valence-electron chi connectivity index (χ3n) is 1.71. The van der Waals surface area contributed by atoms with Crippen LogP contribution in [-0.4, -0.2) is 19.7 Å². The van der Waals surface area contributed by atoms with Gasteiger partial charge in [0.05, 0.1) is 6.61 Å². The summed E-state index contributed by atoms with van der Waals surface area (Å²) >= 11 is 0. The lowest BCUT2D eigenvalue weighted by Gasteiger charge is -2.00. The quantitative estimate of drug-likeness (QED) is 0.693. The lowest BCUT2D eigenvalue weighted by Crippen LogP contribution is -2.01. The second kappa shape index (κ2) is 3.95. The van der Waals surface area contributed by atoms with Crippen molar-refractivity contribution in [2.24, 2.45) is 5.90 Å². The van der Waals surface area contributed by atoms with Gasteiger partial charge in [-0.05, 0) is 11.6 Å². The number of nitrogens with zero attached hydrogens (tertiary/aromatic N) is 4. The highest BCUT2D eigenvalue weighted by molar-refractivity contribution is 5.23. The normalized spacial score (nSPS) is 10.4. The Kier molecular flexibility index (Phi) is 2.48. The van der Waals surface area contributed by atoms with Crippen molar-refractivity contribution in [2.45, 2.75) is 6.61 Å². The first-order valence-electron chi connectivity index (χ1n) is 4.02. The van der Waals surface area contributed by atoms with E-state index in [2.05, 4.69) is 19.9 Å². The van der Waals surface area contributed by atoms with Crippen LogP contribution in [0.5, 0.6) is 0 Å². The van der Waals surface area contributed by atoms with Gasteiger partial charge in [-0.3, -0.25) is 4.84 Å². The Morgan fingerprint density at radius 3 is 2.93 bits per heavy atom. The fourth-order valence-electron chi connectivity index (χ4n) is 1.06. The highest BCUT2D eigenvalue weighted by atomic mass is 16.6. The van der Waals surface area contributed by atoms with E-state index < -0.39 is 0 Å². The molecule has 0 unspecified atom stereocenters. The molecule has 0 saturated heterocycles. The largest absolute Gasteiger partial charge is 0.300 e. The van der Waals surface area contributed by atoms with Crippen molar-refractivity contribution in [3.05, 3.63) is 36.5 Å². The van der Waals surface area contributed by atoms with Gasteiger partial charge < -0.3 is 0 Å². The zero-order valence-corrected chi connectivity index (χ0v) is 7.37. The molecule has 0 aliphatic rings. The van der Waals surface area contributed by atoms with Gasteiger partial charge in [-0.15, -0.1) is 0 Å². The van der Waals surface area contributed by atoms with E-state index >= 15 is 0 Å². The van der Waals surface area contributed by atoms with Crippen molar-refractivity contribution in [1.29, 1.82) is 0 Å². The molecule has 6 nitrogen and oxygen atoms in total. The van der Waals surface area contributed by atoms with Crippen molar-refractivity contribution < 1.29 is 4.84 Å². The van der Waals surface area contributed by atoms with E-state index in [0.29, 0.717) is 12.4 Å².